The summed E-state index contributed by atoms with van der Waals surface area (Å²) in [7, 11) is 1.65. The van der Waals surface area contributed by atoms with E-state index in [1.54, 1.807) is 13.3 Å². The summed E-state index contributed by atoms with van der Waals surface area (Å²) in [5, 5.41) is 0. The number of methoxy groups -OCH3 is 1. The van der Waals surface area contributed by atoms with Crippen LogP contribution >= 0.6 is 11.3 Å². The zero-order valence-corrected chi connectivity index (χ0v) is 17.7. The van der Waals surface area contributed by atoms with E-state index in [-0.39, 0.29) is 16.9 Å². The zero-order chi connectivity index (χ0) is 20.1. The van der Waals surface area contributed by atoms with E-state index in [9.17, 15) is 4.79 Å². The molecular formula is C22H26N2O4S. The Morgan fingerprint density at radius 2 is 2.07 bits per heavy atom. The molecular weight excluding hydrogens is 388 g/mol. The predicted molar refractivity (Wildman–Crippen MR) is 110 cm³/mol. The molecule has 6 nitrogen and oxygen atoms in total. The van der Waals surface area contributed by atoms with E-state index in [2.05, 4.69) is 11.1 Å². The highest BCUT2D eigenvalue weighted by Gasteiger charge is 2.48. The van der Waals surface area contributed by atoms with E-state index in [1.807, 2.05) is 35.3 Å². The van der Waals surface area contributed by atoms with Gasteiger partial charge in [-0.1, -0.05) is 0 Å². The van der Waals surface area contributed by atoms with Crippen molar-refractivity contribution in [2.24, 2.45) is 5.41 Å². The van der Waals surface area contributed by atoms with Crippen LogP contribution in [0.1, 0.15) is 30.2 Å². The maximum absolute atomic E-state index is 12.8. The van der Waals surface area contributed by atoms with Crippen molar-refractivity contribution in [2.75, 3.05) is 40.0 Å². The molecule has 1 spiro atoms. The minimum absolute atomic E-state index is 0.225. The fourth-order valence-corrected chi connectivity index (χ4v) is 5.80. The number of aromatic nitrogens is 1. The molecule has 2 fully saturated rings. The molecule has 0 atom stereocenters. The first-order valence-corrected chi connectivity index (χ1v) is 11.0. The standard InChI is InChI=1S/C22H26N2O4S/c1-21(13-27-14-21)20(25)24-8-6-22(7-9-24)16-11-19(29-18(16)5-10-28-22)17-4-3-15(26-2)12-23-17/h3-4,11-12H,5-10,13-14H2,1-2H3. The second kappa shape index (κ2) is 7.07. The number of hydrogen-bond acceptors (Lipinski definition) is 6. The second-order valence-corrected chi connectivity index (χ2v) is 9.61. The molecule has 3 aliphatic heterocycles. The van der Waals surface area contributed by atoms with Gasteiger partial charge in [-0.15, -0.1) is 11.3 Å². The molecule has 1 amide bonds. The topological polar surface area (TPSA) is 60.9 Å². The Balaban J connectivity index is 1.37. The molecule has 7 heteroatoms. The molecule has 0 aromatic carbocycles. The van der Waals surface area contributed by atoms with Gasteiger partial charge in [0.15, 0.2) is 0 Å². The SMILES string of the molecule is COc1ccc(-c2cc3c(s2)CCOC32CCN(C(=O)C3(C)COC3)CC2)nc1. The summed E-state index contributed by atoms with van der Waals surface area (Å²) in [6, 6.07) is 6.21. The van der Waals surface area contributed by atoms with Gasteiger partial charge in [-0.2, -0.15) is 0 Å². The van der Waals surface area contributed by atoms with Gasteiger partial charge in [-0.05, 0) is 43.5 Å². The van der Waals surface area contributed by atoms with Crippen LogP contribution in [0, 0.1) is 5.41 Å². The fraction of sp³-hybridized carbons (Fsp3) is 0.545. The second-order valence-electron chi connectivity index (χ2n) is 8.47. The van der Waals surface area contributed by atoms with Crippen LogP contribution < -0.4 is 4.74 Å². The number of carbonyl (C=O) groups excluding carboxylic acids is 1. The van der Waals surface area contributed by atoms with Crippen LogP contribution in [0.25, 0.3) is 10.6 Å². The zero-order valence-electron chi connectivity index (χ0n) is 16.9. The molecule has 29 heavy (non-hydrogen) atoms. The van der Waals surface area contributed by atoms with E-state index in [4.69, 9.17) is 14.2 Å². The van der Waals surface area contributed by atoms with Crippen molar-refractivity contribution in [3.63, 3.8) is 0 Å². The molecule has 0 N–H and O–H groups in total. The minimum Gasteiger partial charge on any atom is -0.495 e. The van der Waals surface area contributed by atoms with Gasteiger partial charge in [0, 0.05) is 24.4 Å². The first kappa shape index (κ1) is 19.0. The summed E-state index contributed by atoms with van der Waals surface area (Å²) in [4.78, 5) is 22.0. The minimum atomic E-state index is -0.335. The van der Waals surface area contributed by atoms with Crippen molar-refractivity contribution in [3.05, 3.63) is 34.8 Å². The van der Waals surface area contributed by atoms with Gasteiger partial charge in [0.1, 0.15) is 5.75 Å². The average Bonchev–Trinajstić information content (AvgIpc) is 3.18. The van der Waals surface area contributed by atoms with Crippen LogP contribution in [0.5, 0.6) is 5.75 Å². The average molecular weight is 415 g/mol. The lowest BCUT2D eigenvalue weighted by Gasteiger charge is -2.47. The number of rotatable bonds is 3. The number of likely N-dealkylation sites (tertiary alicyclic amines) is 1. The van der Waals surface area contributed by atoms with Crippen LogP contribution in [0.2, 0.25) is 0 Å². The van der Waals surface area contributed by atoms with Crippen LogP contribution in [0.4, 0.5) is 0 Å². The van der Waals surface area contributed by atoms with E-state index < -0.39 is 0 Å². The highest BCUT2D eigenvalue weighted by atomic mass is 32.1. The summed E-state index contributed by atoms with van der Waals surface area (Å²) in [5.74, 6) is 0.987. The number of ether oxygens (including phenoxy) is 3. The number of nitrogens with zero attached hydrogens (tertiary/aromatic N) is 2. The molecule has 0 bridgehead atoms. The lowest BCUT2D eigenvalue weighted by molar-refractivity contribution is -0.174. The van der Waals surface area contributed by atoms with Crippen LogP contribution in [0.3, 0.4) is 0 Å². The number of amides is 1. The van der Waals surface area contributed by atoms with E-state index >= 15 is 0 Å². The van der Waals surface area contributed by atoms with Gasteiger partial charge >= 0.3 is 0 Å². The fourth-order valence-electron chi connectivity index (χ4n) is 4.59. The molecule has 2 saturated heterocycles. The van der Waals surface area contributed by atoms with Crippen LogP contribution in [-0.2, 0) is 26.3 Å². The number of thiophene rings is 1. The predicted octanol–water partition coefficient (Wildman–Crippen LogP) is 3.25. The van der Waals surface area contributed by atoms with Crippen molar-refractivity contribution >= 4 is 17.2 Å². The Morgan fingerprint density at radius 1 is 1.28 bits per heavy atom. The molecule has 0 radical (unpaired) electrons. The Hall–Kier alpha value is -1.96. The van der Waals surface area contributed by atoms with Gasteiger partial charge in [0.05, 0.1) is 54.7 Å². The Labute approximate surface area is 174 Å². The monoisotopic (exact) mass is 414 g/mol. The van der Waals surface area contributed by atoms with Crippen molar-refractivity contribution in [3.8, 4) is 16.3 Å². The number of carbonyl (C=O) groups is 1. The molecule has 5 heterocycles. The molecule has 5 rings (SSSR count). The molecule has 3 aliphatic rings. The lowest BCUT2D eigenvalue weighted by Crippen LogP contribution is -2.57. The quantitative estimate of drug-likeness (QED) is 0.772. The number of fused-ring (bicyclic) bond motifs is 2. The molecule has 2 aromatic rings. The molecule has 154 valence electrons. The van der Waals surface area contributed by atoms with Gasteiger partial charge in [0.2, 0.25) is 5.91 Å². The van der Waals surface area contributed by atoms with Crippen LogP contribution in [0.15, 0.2) is 24.4 Å². The van der Waals surface area contributed by atoms with Gasteiger partial charge < -0.3 is 19.1 Å². The maximum Gasteiger partial charge on any atom is 0.233 e. The van der Waals surface area contributed by atoms with E-state index in [0.29, 0.717) is 13.2 Å². The number of hydrogen-bond donors (Lipinski definition) is 0. The Kier molecular flexibility index (Phi) is 4.64. The van der Waals surface area contributed by atoms with Crippen molar-refractivity contribution < 1.29 is 19.0 Å². The molecule has 0 saturated carbocycles. The highest BCUT2D eigenvalue weighted by Crippen LogP contribution is 2.47. The third-order valence-corrected chi connectivity index (χ3v) is 7.67. The molecule has 2 aromatic heterocycles. The summed E-state index contributed by atoms with van der Waals surface area (Å²) < 4.78 is 16.9. The third-order valence-electron chi connectivity index (χ3n) is 6.45. The Morgan fingerprint density at radius 3 is 2.69 bits per heavy atom. The maximum atomic E-state index is 12.8. The summed E-state index contributed by atoms with van der Waals surface area (Å²) in [6.45, 7) is 5.29. The van der Waals surface area contributed by atoms with Gasteiger partial charge in [-0.25, -0.2) is 0 Å². The van der Waals surface area contributed by atoms with E-state index in [0.717, 1.165) is 50.4 Å². The normalized spacial score (nSPS) is 22.1. The van der Waals surface area contributed by atoms with Crippen LogP contribution in [-0.4, -0.2) is 55.8 Å². The first-order valence-electron chi connectivity index (χ1n) is 10.2. The van der Waals surface area contributed by atoms with Crippen molar-refractivity contribution in [1.82, 2.24) is 9.88 Å². The summed E-state index contributed by atoms with van der Waals surface area (Å²) >= 11 is 1.81. The highest BCUT2D eigenvalue weighted by molar-refractivity contribution is 7.15. The molecule has 0 unspecified atom stereocenters. The first-order chi connectivity index (χ1) is 14.0. The molecule has 0 aliphatic carbocycles. The van der Waals surface area contributed by atoms with Crippen molar-refractivity contribution in [2.45, 2.75) is 31.8 Å². The third kappa shape index (κ3) is 3.16. The van der Waals surface area contributed by atoms with E-state index in [1.165, 1.54) is 15.3 Å². The largest absolute Gasteiger partial charge is 0.495 e. The summed E-state index contributed by atoms with van der Waals surface area (Å²) in [6.07, 6.45) is 4.38. The summed E-state index contributed by atoms with van der Waals surface area (Å²) in [5.41, 5.74) is 1.65. The number of pyridine rings is 1. The van der Waals surface area contributed by atoms with Crippen molar-refractivity contribution in [1.29, 1.82) is 0 Å². The van der Waals surface area contributed by atoms with Gasteiger partial charge in [-0.3, -0.25) is 9.78 Å². The van der Waals surface area contributed by atoms with Gasteiger partial charge in [0.25, 0.3) is 0 Å². The number of piperidine rings is 1. The lowest BCUT2D eigenvalue weighted by atomic mass is 9.80. The Bertz CT molecular complexity index is 911. The smallest absolute Gasteiger partial charge is 0.233 e.